The van der Waals surface area contributed by atoms with Crippen molar-refractivity contribution in [3.63, 3.8) is 0 Å². The molecule has 1 N–H and O–H groups in total. The summed E-state index contributed by atoms with van der Waals surface area (Å²) >= 11 is 33.1. The average molecular weight is 342 g/mol. The van der Waals surface area contributed by atoms with Crippen molar-refractivity contribution in [3.05, 3.63) is 0 Å². The quantitative estimate of drug-likeness (QED) is 0.570. The van der Waals surface area contributed by atoms with Gasteiger partial charge in [-0.25, -0.2) is 0 Å². The summed E-state index contributed by atoms with van der Waals surface area (Å²) in [6.07, 6.45) is 0. The van der Waals surface area contributed by atoms with E-state index in [2.05, 4.69) is 5.09 Å². The van der Waals surface area contributed by atoms with Gasteiger partial charge in [-0.1, -0.05) is 69.6 Å². The highest BCUT2D eigenvalue weighted by Gasteiger charge is 2.57. The number of hydrogen-bond donors (Lipinski definition) is 1. The maximum atomic E-state index is 12.2. The van der Waals surface area contributed by atoms with Crippen molar-refractivity contribution in [1.82, 2.24) is 5.09 Å². The largest absolute Gasteiger partial charge is 0.298 e. The van der Waals surface area contributed by atoms with Crippen LogP contribution >= 0.6 is 76.9 Å². The maximum Gasteiger partial charge on any atom is 0.259 e. The number of hydrogen-bond acceptors (Lipinski definition) is 1. The normalized spacial score (nSPS) is 14.9. The highest BCUT2D eigenvalue weighted by Crippen LogP contribution is 2.74. The van der Waals surface area contributed by atoms with Crippen molar-refractivity contribution in [2.24, 2.45) is 0 Å². The zero-order chi connectivity index (χ0) is 11.8. The lowest BCUT2D eigenvalue weighted by Gasteiger charge is -2.32. The van der Waals surface area contributed by atoms with Gasteiger partial charge >= 0.3 is 0 Å². The fraction of sp³-hybridized carbons (Fsp3) is 1.00. The van der Waals surface area contributed by atoms with Crippen molar-refractivity contribution >= 4 is 76.9 Å². The summed E-state index contributed by atoms with van der Waals surface area (Å²) in [7, 11) is -3.80. The molecule has 14 heavy (non-hydrogen) atoms. The molecule has 0 rings (SSSR count). The topological polar surface area (TPSA) is 29.1 Å². The molecule has 0 saturated heterocycles. The fourth-order valence-corrected chi connectivity index (χ4v) is 6.29. The molecule has 0 aliphatic carbocycles. The van der Waals surface area contributed by atoms with Crippen LogP contribution in [0.25, 0.3) is 0 Å². The minimum absolute atomic E-state index is 0.243. The highest BCUT2D eigenvalue weighted by molar-refractivity contribution is 7.76. The summed E-state index contributed by atoms with van der Waals surface area (Å²) < 4.78 is 7.84. The van der Waals surface area contributed by atoms with Crippen LogP contribution < -0.4 is 5.09 Å². The van der Waals surface area contributed by atoms with Gasteiger partial charge in [0, 0.05) is 6.04 Å². The van der Waals surface area contributed by atoms with Crippen molar-refractivity contribution in [1.29, 1.82) is 0 Å². The van der Waals surface area contributed by atoms with E-state index in [4.69, 9.17) is 69.6 Å². The second-order valence-electron chi connectivity index (χ2n) is 2.83. The molecule has 0 aromatic rings. The van der Waals surface area contributed by atoms with E-state index < -0.39 is 14.4 Å². The smallest absolute Gasteiger partial charge is 0.259 e. The lowest BCUT2D eigenvalue weighted by Crippen LogP contribution is -2.32. The van der Waals surface area contributed by atoms with Gasteiger partial charge in [0.15, 0.2) is 0 Å². The molecule has 9 heteroatoms. The minimum atomic E-state index is -3.80. The van der Waals surface area contributed by atoms with E-state index in [0.29, 0.717) is 0 Å². The lowest BCUT2D eigenvalue weighted by molar-refractivity contribution is 0.555. The summed E-state index contributed by atoms with van der Waals surface area (Å²) in [6.45, 7) is 3.39. The first-order chi connectivity index (χ1) is 5.92. The number of alkyl halides is 6. The van der Waals surface area contributed by atoms with E-state index in [1.165, 1.54) is 0 Å². The fourth-order valence-electron chi connectivity index (χ4n) is 0.654. The Morgan fingerprint density at radius 3 is 1.36 bits per heavy atom. The molecule has 0 fully saturated rings. The molecule has 0 spiro atoms. The van der Waals surface area contributed by atoms with Crippen LogP contribution in [0.3, 0.4) is 0 Å². The predicted molar refractivity (Wildman–Crippen MR) is 66.5 cm³/mol. The van der Waals surface area contributed by atoms with Crippen LogP contribution in [0.2, 0.25) is 0 Å². The first kappa shape index (κ1) is 15.9. The molecule has 2 nitrogen and oxygen atoms in total. The molecule has 0 atom stereocenters. The van der Waals surface area contributed by atoms with E-state index in [0.717, 1.165) is 0 Å². The van der Waals surface area contributed by atoms with Gasteiger partial charge in [-0.2, -0.15) is 0 Å². The first-order valence-electron chi connectivity index (χ1n) is 3.43. The van der Waals surface area contributed by atoms with Gasteiger partial charge in [0.25, 0.3) is 7.07 Å². The van der Waals surface area contributed by atoms with Crippen LogP contribution in [0.1, 0.15) is 13.8 Å². The van der Waals surface area contributed by atoms with Gasteiger partial charge in [-0.05, 0) is 13.8 Å². The Bertz CT molecular complexity index is 226. The Morgan fingerprint density at radius 2 is 1.29 bits per heavy atom. The maximum absolute atomic E-state index is 12.2. The standard InChI is InChI=1S/C5H8Cl6NOP/c1-3(2)12-14(13,4(6,7)8)5(9,10)11/h3H,1-2H3,(H,12,13). The van der Waals surface area contributed by atoms with Gasteiger partial charge in [0.1, 0.15) is 0 Å². The average Bonchev–Trinajstić information content (AvgIpc) is 1.79. The summed E-state index contributed by atoms with van der Waals surface area (Å²) in [5, 5.41) is 2.50. The second-order valence-corrected chi connectivity index (χ2v) is 11.8. The molecule has 0 aromatic carbocycles. The Labute approximate surface area is 113 Å². The molecule has 0 unspecified atom stereocenters. The zero-order valence-corrected chi connectivity index (χ0v) is 12.6. The van der Waals surface area contributed by atoms with Crippen molar-refractivity contribution in [2.75, 3.05) is 0 Å². The van der Waals surface area contributed by atoms with Crippen LogP contribution in [-0.2, 0) is 4.57 Å². The van der Waals surface area contributed by atoms with E-state index >= 15 is 0 Å². The summed E-state index contributed by atoms with van der Waals surface area (Å²) in [5.74, 6) is 0. The Hall–Kier alpha value is 1.93. The van der Waals surface area contributed by atoms with E-state index in [1.54, 1.807) is 13.8 Å². The Morgan fingerprint density at radius 1 is 1.00 bits per heavy atom. The van der Waals surface area contributed by atoms with Crippen LogP contribution in [0.5, 0.6) is 0 Å². The summed E-state index contributed by atoms with van der Waals surface area (Å²) in [4.78, 5) is 0. The van der Waals surface area contributed by atoms with E-state index in [9.17, 15) is 4.57 Å². The molecule has 0 heterocycles. The predicted octanol–water partition coefficient (Wildman–Crippen LogP) is 4.92. The molecule has 0 aliphatic rings. The zero-order valence-electron chi connectivity index (χ0n) is 7.20. The van der Waals surface area contributed by atoms with E-state index in [1.807, 2.05) is 0 Å². The highest BCUT2D eigenvalue weighted by atomic mass is 35.6. The van der Waals surface area contributed by atoms with Crippen molar-refractivity contribution in [3.8, 4) is 0 Å². The van der Waals surface area contributed by atoms with Crippen LogP contribution in [0, 0.1) is 0 Å². The third-order valence-corrected chi connectivity index (χ3v) is 7.75. The molecular formula is C5H8Cl6NOP. The number of nitrogens with one attached hydrogen (secondary N) is 1. The molecule has 0 amide bonds. The summed E-state index contributed by atoms with van der Waals surface area (Å²) in [6, 6.07) is -0.243. The minimum Gasteiger partial charge on any atom is -0.298 e. The SMILES string of the molecule is CC(C)NP(=O)(C(Cl)(Cl)Cl)C(Cl)(Cl)Cl. The Kier molecular flexibility index (Phi) is 5.76. The second kappa shape index (κ2) is 5.06. The first-order valence-corrected chi connectivity index (χ1v) is 7.41. The van der Waals surface area contributed by atoms with Gasteiger partial charge < -0.3 is 0 Å². The third kappa shape index (κ3) is 3.75. The number of rotatable bonds is 2. The van der Waals surface area contributed by atoms with E-state index in [-0.39, 0.29) is 6.04 Å². The summed E-state index contributed by atoms with van der Waals surface area (Å²) in [5.41, 5.74) is 0. The lowest BCUT2D eigenvalue weighted by atomic mass is 10.4. The monoisotopic (exact) mass is 339 g/mol. The van der Waals surface area contributed by atoms with Crippen LogP contribution in [0.4, 0.5) is 0 Å². The van der Waals surface area contributed by atoms with Gasteiger partial charge in [-0.15, -0.1) is 0 Å². The van der Waals surface area contributed by atoms with Crippen molar-refractivity contribution in [2.45, 2.75) is 27.0 Å². The molecule has 0 bridgehead atoms. The molecule has 0 radical (unpaired) electrons. The van der Waals surface area contributed by atoms with Gasteiger partial charge in [0.2, 0.25) is 7.29 Å². The molecular weight excluding hydrogens is 334 g/mol. The van der Waals surface area contributed by atoms with Gasteiger partial charge in [-0.3, -0.25) is 9.65 Å². The third-order valence-electron chi connectivity index (χ3n) is 1.15. The van der Waals surface area contributed by atoms with Crippen LogP contribution in [0.15, 0.2) is 0 Å². The molecule has 0 aromatic heterocycles. The molecule has 86 valence electrons. The Balaban J connectivity index is 5.20. The van der Waals surface area contributed by atoms with Crippen molar-refractivity contribution < 1.29 is 4.57 Å². The number of halogens is 6. The molecule has 0 saturated carbocycles. The van der Waals surface area contributed by atoms with Crippen LogP contribution in [-0.4, -0.2) is 13.1 Å². The molecule has 0 aliphatic heterocycles. The van der Waals surface area contributed by atoms with Gasteiger partial charge in [0.05, 0.1) is 0 Å².